The molecule has 8 heteroatoms. The van der Waals surface area contributed by atoms with E-state index in [1.807, 2.05) is 0 Å². The third kappa shape index (κ3) is 6.29. The quantitative estimate of drug-likeness (QED) is 0.140. The fourth-order valence-corrected chi connectivity index (χ4v) is 3.59. The molecule has 1 rings (SSSR count). The van der Waals surface area contributed by atoms with Crippen LogP contribution in [0.3, 0.4) is 0 Å². The molecule has 0 unspecified atom stereocenters. The standard InChI is InChI=1S/C26H26O8/c1-5-9-15-16(10-6-2)20(14-22(25(31)32)26(33)34)18(12-8-4)17(11-7-3)19(15)13-21(23(27)28)24(29)30/h5-8,13-14H,1-4,9-12H2,(H,27,28)(H,29,30)(H,31,32)(H,33,34). The average Bonchev–Trinajstić information content (AvgIpc) is 2.74. The van der Waals surface area contributed by atoms with E-state index >= 15 is 0 Å². The molecule has 0 bridgehead atoms. The van der Waals surface area contributed by atoms with Gasteiger partial charge in [-0.1, -0.05) is 24.3 Å². The van der Waals surface area contributed by atoms with Crippen LogP contribution in [-0.2, 0) is 44.9 Å². The van der Waals surface area contributed by atoms with E-state index in [1.165, 1.54) is 24.3 Å². The van der Waals surface area contributed by atoms with Gasteiger partial charge < -0.3 is 20.4 Å². The van der Waals surface area contributed by atoms with Crippen molar-refractivity contribution in [2.24, 2.45) is 0 Å². The van der Waals surface area contributed by atoms with E-state index in [4.69, 9.17) is 0 Å². The van der Waals surface area contributed by atoms with Gasteiger partial charge >= 0.3 is 23.9 Å². The zero-order valence-electron chi connectivity index (χ0n) is 18.5. The second kappa shape index (κ2) is 12.5. The lowest BCUT2D eigenvalue weighted by molar-refractivity contribution is -0.142. The van der Waals surface area contributed by atoms with Crippen molar-refractivity contribution in [3.8, 4) is 0 Å². The normalized spacial score (nSPS) is 9.88. The highest BCUT2D eigenvalue weighted by atomic mass is 16.4. The summed E-state index contributed by atoms with van der Waals surface area (Å²) in [5.74, 6) is -6.55. The molecule has 0 saturated carbocycles. The van der Waals surface area contributed by atoms with Gasteiger partial charge in [0.05, 0.1) is 0 Å². The second-order valence-corrected chi connectivity index (χ2v) is 7.05. The van der Waals surface area contributed by atoms with Crippen LogP contribution in [0, 0.1) is 0 Å². The Kier molecular flexibility index (Phi) is 10.2. The van der Waals surface area contributed by atoms with Crippen LogP contribution in [0.4, 0.5) is 0 Å². The lowest BCUT2D eigenvalue weighted by Gasteiger charge is -2.23. The van der Waals surface area contributed by atoms with Crippen molar-refractivity contribution in [2.45, 2.75) is 25.7 Å². The van der Waals surface area contributed by atoms with Gasteiger partial charge in [-0.05, 0) is 71.2 Å². The highest BCUT2D eigenvalue weighted by Crippen LogP contribution is 2.35. The molecule has 0 aliphatic rings. The van der Waals surface area contributed by atoms with Gasteiger partial charge in [0.1, 0.15) is 11.1 Å². The monoisotopic (exact) mass is 466 g/mol. The number of allylic oxidation sites excluding steroid dienone is 4. The Morgan fingerprint density at radius 2 is 0.706 bits per heavy atom. The fraction of sp³-hybridized carbons (Fsp3) is 0.154. The molecule has 8 nitrogen and oxygen atoms in total. The Bertz CT molecular complexity index is 966. The summed E-state index contributed by atoms with van der Waals surface area (Å²) in [5, 5.41) is 37.7. The summed E-state index contributed by atoms with van der Waals surface area (Å²) in [6, 6.07) is 0. The van der Waals surface area contributed by atoms with Gasteiger partial charge in [-0.2, -0.15) is 0 Å². The lowest BCUT2D eigenvalue weighted by Crippen LogP contribution is -2.15. The van der Waals surface area contributed by atoms with E-state index in [1.54, 1.807) is 0 Å². The van der Waals surface area contributed by atoms with Crippen molar-refractivity contribution in [1.82, 2.24) is 0 Å². The summed E-state index contributed by atoms with van der Waals surface area (Å²) in [5.41, 5.74) is 0.758. The molecule has 0 atom stereocenters. The van der Waals surface area contributed by atoms with Gasteiger partial charge in [0.15, 0.2) is 0 Å². The molecule has 0 radical (unpaired) electrons. The predicted molar refractivity (Wildman–Crippen MR) is 129 cm³/mol. The minimum absolute atomic E-state index is 0.163. The molecule has 178 valence electrons. The van der Waals surface area contributed by atoms with Gasteiger partial charge in [-0.25, -0.2) is 19.2 Å². The number of rotatable bonds is 14. The van der Waals surface area contributed by atoms with Crippen LogP contribution in [0.15, 0.2) is 61.8 Å². The highest BCUT2D eigenvalue weighted by molar-refractivity contribution is 6.17. The van der Waals surface area contributed by atoms with E-state index in [2.05, 4.69) is 26.3 Å². The van der Waals surface area contributed by atoms with E-state index in [-0.39, 0.29) is 25.7 Å². The first-order valence-corrected chi connectivity index (χ1v) is 10.0. The summed E-state index contributed by atoms with van der Waals surface area (Å²) < 4.78 is 0. The van der Waals surface area contributed by atoms with Crippen molar-refractivity contribution < 1.29 is 39.6 Å². The van der Waals surface area contributed by atoms with Gasteiger partial charge in [-0.3, -0.25) is 0 Å². The summed E-state index contributed by atoms with van der Waals surface area (Å²) in [7, 11) is 0. The Labute approximate surface area is 196 Å². The summed E-state index contributed by atoms with van der Waals surface area (Å²) in [4.78, 5) is 46.4. The van der Waals surface area contributed by atoms with Crippen LogP contribution >= 0.6 is 0 Å². The molecule has 0 saturated heterocycles. The smallest absolute Gasteiger partial charge is 0.343 e. The van der Waals surface area contributed by atoms with Crippen LogP contribution in [0.5, 0.6) is 0 Å². The van der Waals surface area contributed by atoms with E-state index in [0.717, 1.165) is 12.2 Å². The molecule has 0 amide bonds. The minimum Gasteiger partial charge on any atom is -0.477 e. The maximum absolute atomic E-state index is 11.6. The first-order chi connectivity index (χ1) is 16.0. The molecule has 0 spiro atoms. The number of hydrogen-bond acceptors (Lipinski definition) is 4. The molecular formula is C26H26O8. The third-order valence-corrected chi connectivity index (χ3v) is 4.92. The number of carbonyl (C=O) groups is 4. The number of carboxylic acid groups (broad SMARTS) is 4. The van der Waals surface area contributed by atoms with Crippen LogP contribution in [0.25, 0.3) is 12.2 Å². The summed E-state index contributed by atoms with van der Waals surface area (Å²) in [6.07, 6.45) is 8.83. The number of benzene rings is 1. The van der Waals surface area contributed by atoms with Gasteiger partial charge in [-0.15, -0.1) is 26.3 Å². The zero-order chi connectivity index (χ0) is 26.0. The SMILES string of the molecule is C=CCc1c(C=C(C(=O)O)C(=O)O)c(CC=C)c(CC=C)c(C=C(C(=O)O)C(=O)O)c1CC=C. The van der Waals surface area contributed by atoms with Crippen LogP contribution in [0.2, 0.25) is 0 Å². The lowest BCUT2D eigenvalue weighted by atomic mass is 9.80. The van der Waals surface area contributed by atoms with E-state index < -0.39 is 35.0 Å². The number of aliphatic carboxylic acids is 4. The molecule has 0 aliphatic heterocycles. The number of hydrogen-bond donors (Lipinski definition) is 4. The maximum Gasteiger partial charge on any atom is 0.343 e. The first kappa shape index (κ1) is 27.6. The molecule has 1 aromatic carbocycles. The molecule has 4 N–H and O–H groups in total. The molecule has 1 aromatic rings. The Balaban J connectivity index is 4.50. The summed E-state index contributed by atoms with van der Waals surface area (Å²) >= 11 is 0. The summed E-state index contributed by atoms with van der Waals surface area (Å²) in [6.45, 7) is 14.8. The van der Waals surface area contributed by atoms with Crippen molar-refractivity contribution in [1.29, 1.82) is 0 Å². The van der Waals surface area contributed by atoms with Gasteiger partial charge in [0.2, 0.25) is 0 Å². The van der Waals surface area contributed by atoms with Crippen molar-refractivity contribution in [3.05, 3.63) is 95.1 Å². The molecular weight excluding hydrogens is 440 g/mol. The maximum atomic E-state index is 11.6. The van der Waals surface area contributed by atoms with Gasteiger partial charge in [0.25, 0.3) is 0 Å². The van der Waals surface area contributed by atoms with E-state index in [0.29, 0.717) is 33.4 Å². The van der Waals surface area contributed by atoms with Crippen LogP contribution in [0.1, 0.15) is 33.4 Å². The fourth-order valence-electron chi connectivity index (χ4n) is 3.59. The Morgan fingerprint density at radius 1 is 0.500 bits per heavy atom. The largest absolute Gasteiger partial charge is 0.477 e. The number of carboxylic acids is 4. The minimum atomic E-state index is -1.64. The Hall–Kier alpha value is -4.46. The molecule has 0 aromatic heterocycles. The van der Waals surface area contributed by atoms with Gasteiger partial charge in [0, 0.05) is 0 Å². The topological polar surface area (TPSA) is 149 Å². The second-order valence-electron chi connectivity index (χ2n) is 7.05. The van der Waals surface area contributed by atoms with Crippen molar-refractivity contribution in [2.75, 3.05) is 0 Å². The Morgan fingerprint density at radius 3 is 0.853 bits per heavy atom. The molecule has 0 heterocycles. The third-order valence-electron chi connectivity index (χ3n) is 4.92. The highest BCUT2D eigenvalue weighted by Gasteiger charge is 2.25. The van der Waals surface area contributed by atoms with Crippen LogP contribution in [-0.4, -0.2) is 44.3 Å². The van der Waals surface area contributed by atoms with E-state index in [9.17, 15) is 39.6 Å². The molecule has 0 fully saturated rings. The first-order valence-electron chi connectivity index (χ1n) is 10.0. The predicted octanol–water partition coefficient (Wildman–Crippen LogP) is 3.71. The van der Waals surface area contributed by atoms with Crippen molar-refractivity contribution in [3.63, 3.8) is 0 Å². The van der Waals surface area contributed by atoms with Crippen molar-refractivity contribution >= 4 is 36.0 Å². The molecule has 0 aliphatic carbocycles. The van der Waals surface area contributed by atoms with Crippen LogP contribution < -0.4 is 0 Å². The zero-order valence-corrected chi connectivity index (χ0v) is 18.5. The average molecular weight is 466 g/mol. The molecule has 34 heavy (non-hydrogen) atoms.